The normalized spacial score (nSPS) is 12.1. The van der Waals surface area contributed by atoms with Gasteiger partial charge >= 0.3 is 6.09 Å². The average molecular weight is 523 g/mol. The Morgan fingerprint density at radius 2 is 1.95 bits per heavy atom. The number of carboxylic acid groups (broad SMARTS) is 1. The molecule has 2 heterocycles. The zero-order valence-corrected chi connectivity index (χ0v) is 22.0. The molecule has 0 fully saturated rings. The maximum Gasteiger partial charge on any atom is 0.405 e. The monoisotopic (exact) mass is 522 g/mol. The van der Waals surface area contributed by atoms with Crippen LogP contribution in [0.2, 0.25) is 0 Å². The van der Waals surface area contributed by atoms with E-state index < -0.39 is 23.6 Å². The number of hydrogen-bond donors (Lipinski definition) is 4. The number of benzene rings is 1. The van der Waals surface area contributed by atoms with E-state index >= 15 is 0 Å². The van der Waals surface area contributed by atoms with E-state index in [4.69, 9.17) is 10.1 Å². The van der Waals surface area contributed by atoms with Crippen molar-refractivity contribution in [2.45, 2.75) is 45.7 Å². The Kier molecular flexibility index (Phi) is 9.42. The van der Waals surface area contributed by atoms with Gasteiger partial charge in [-0.25, -0.2) is 9.78 Å². The summed E-state index contributed by atoms with van der Waals surface area (Å²) >= 11 is 0. The summed E-state index contributed by atoms with van der Waals surface area (Å²) in [5.41, 5.74) is 2.46. The molecule has 11 heteroatoms. The first-order valence-corrected chi connectivity index (χ1v) is 12.4. The second-order valence-electron chi connectivity index (χ2n) is 9.65. The van der Waals surface area contributed by atoms with Gasteiger partial charge in [-0.05, 0) is 55.0 Å². The summed E-state index contributed by atoms with van der Waals surface area (Å²) in [4.78, 5) is 58.2. The number of likely N-dealkylation sites (N-methyl/N-ethyl adjacent to an activating group) is 1. The van der Waals surface area contributed by atoms with Crippen LogP contribution in [0, 0.1) is 5.92 Å². The first kappa shape index (κ1) is 28.2. The number of allylic oxidation sites excluding steroid dienone is 1. The number of H-pyrrole nitrogens is 1. The first-order chi connectivity index (χ1) is 18.0. The average Bonchev–Trinajstić information content (AvgIpc) is 3.26. The molecule has 0 saturated carbocycles. The van der Waals surface area contributed by atoms with E-state index in [0.717, 1.165) is 23.0 Å². The van der Waals surface area contributed by atoms with Crippen molar-refractivity contribution in [1.82, 2.24) is 24.8 Å². The number of fused-ring (bicyclic) bond motifs is 1. The van der Waals surface area contributed by atoms with Crippen LogP contribution in [-0.2, 0) is 22.6 Å². The van der Waals surface area contributed by atoms with Gasteiger partial charge in [0.1, 0.15) is 17.6 Å². The lowest BCUT2D eigenvalue weighted by atomic mass is 10.0. The number of aromatic amines is 1. The van der Waals surface area contributed by atoms with E-state index in [9.17, 15) is 19.2 Å². The highest BCUT2D eigenvalue weighted by Gasteiger charge is 2.21. The molecule has 2 aromatic heterocycles. The number of carbonyl (C=O) groups excluding carboxylic acids is 2. The van der Waals surface area contributed by atoms with Crippen LogP contribution >= 0.6 is 0 Å². The molecule has 0 radical (unpaired) electrons. The van der Waals surface area contributed by atoms with Crippen LogP contribution in [0.4, 0.5) is 10.5 Å². The van der Waals surface area contributed by atoms with Crippen molar-refractivity contribution in [3.05, 3.63) is 70.4 Å². The van der Waals surface area contributed by atoms with Gasteiger partial charge in [-0.2, -0.15) is 0 Å². The summed E-state index contributed by atoms with van der Waals surface area (Å²) < 4.78 is 1.42. The molecule has 38 heavy (non-hydrogen) atoms. The van der Waals surface area contributed by atoms with Gasteiger partial charge in [0.05, 0.1) is 17.6 Å². The van der Waals surface area contributed by atoms with Crippen LogP contribution < -0.4 is 16.2 Å². The molecule has 202 valence electrons. The molecule has 11 nitrogen and oxygen atoms in total. The Morgan fingerprint density at radius 3 is 2.63 bits per heavy atom. The van der Waals surface area contributed by atoms with Crippen LogP contribution in [0.5, 0.6) is 0 Å². The fraction of sp³-hybridized carbons (Fsp3) is 0.370. The third-order valence-corrected chi connectivity index (χ3v) is 5.81. The SMILES string of the molecule is CC(C)Cc1cccc2[nH]c(Cn3cccc(NC(=O)[C@H](CC/C=C/C(=O)N(C)C)NC(=O)O)c3=O)nc12. The van der Waals surface area contributed by atoms with E-state index in [2.05, 4.69) is 29.5 Å². The highest BCUT2D eigenvalue weighted by Crippen LogP contribution is 2.20. The molecule has 1 aromatic carbocycles. The molecule has 3 aromatic rings. The minimum atomic E-state index is -1.37. The largest absolute Gasteiger partial charge is 0.465 e. The number of carbonyl (C=O) groups is 3. The fourth-order valence-corrected chi connectivity index (χ4v) is 3.97. The van der Waals surface area contributed by atoms with Crippen molar-refractivity contribution in [2.75, 3.05) is 19.4 Å². The Labute approximate surface area is 220 Å². The number of rotatable bonds is 11. The Bertz CT molecular complexity index is 1390. The second kappa shape index (κ2) is 12.7. The Hall–Kier alpha value is -4.41. The van der Waals surface area contributed by atoms with Gasteiger partial charge in [0.15, 0.2) is 0 Å². The van der Waals surface area contributed by atoms with E-state index in [1.807, 2.05) is 18.2 Å². The summed E-state index contributed by atoms with van der Waals surface area (Å²) in [6.07, 6.45) is 4.42. The summed E-state index contributed by atoms with van der Waals surface area (Å²) in [6, 6.07) is 7.93. The minimum Gasteiger partial charge on any atom is -0.465 e. The van der Waals surface area contributed by atoms with Crippen LogP contribution in [0.1, 0.15) is 38.1 Å². The topological polar surface area (TPSA) is 149 Å². The molecule has 4 N–H and O–H groups in total. The maximum atomic E-state index is 13.1. The molecule has 0 spiro atoms. The number of nitrogens with zero attached hydrogens (tertiary/aromatic N) is 3. The smallest absolute Gasteiger partial charge is 0.405 e. The standard InChI is InChI=1S/C27H34N6O5/c1-17(2)15-18-9-7-11-19-24(18)31-22(28-19)16-33-14-8-12-21(26(33)36)29-25(35)20(30-27(37)38)10-5-6-13-23(34)32(3)4/h6-9,11-14,17,20,30H,5,10,15-16H2,1-4H3,(H,28,31)(H,29,35)(H,37,38)/b13-6+/t20-/m0/s1. The number of imidazole rings is 1. The highest BCUT2D eigenvalue weighted by molar-refractivity contribution is 5.96. The van der Waals surface area contributed by atoms with Crippen molar-refractivity contribution < 1.29 is 19.5 Å². The Balaban J connectivity index is 1.74. The lowest BCUT2D eigenvalue weighted by Crippen LogP contribution is -2.44. The maximum absolute atomic E-state index is 13.1. The number of nitrogens with one attached hydrogen (secondary N) is 3. The number of hydrogen-bond acceptors (Lipinski definition) is 5. The molecular formula is C27H34N6O5. The lowest BCUT2D eigenvalue weighted by Gasteiger charge is -2.16. The zero-order chi connectivity index (χ0) is 27.8. The van der Waals surface area contributed by atoms with Crippen LogP contribution in [0.25, 0.3) is 11.0 Å². The molecule has 0 unspecified atom stereocenters. The molecular weight excluding hydrogens is 488 g/mol. The summed E-state index contributed by atoms with van der Waals surface area (Å²) in [5, 5.41) is 13.9. The number of amides is 3. The third kappa shape index (κ3) is 7.55. The summed E-state index contributed by atoms with van der Waals surface area (Å²) in [7, 11) is 3.22. The molecule has 0 saturated heterocycles. The molecule has 1 atom stereocenters. The molecule has 0 aliphatic carbocycles. The van der Waals surface area contributed by atoms with Crippen molar-refractivity contribution >= 4 is 34.6 Å². The first-order valence-electron chi connectivity index (χ1n) is 12.4. The molecule has 0 aliphatic heterocycles. The van der Waals surface area contributed by atoms with Gasteiger partial charge in [0.2, 0.25) is 11.8 Å². The third-order valence-electron chi connectivity index (χ3n) is 5.81. The number of anilines is 1. The van der Waals surface area contributed by atoms with Gasteiger partial charge in [-0.1, -0.05) is 32.1 Å². The lowest BCUT2D eigenvalue weighted by molar-refractivity contribution is -0.123. The van der Waals surface area contributed by atoms with Gasteiger partial charge in [-0.3, -0.25) is 14.4 Å². The van der Waals surface area contributed by atoms with Gasteiger partial charge in [0.25, 0.3) is 5.56 Å². The van der Waals surface area contributed by atoms with Crippen molar-refractivity contribution in [3.63, 3.8) is 0 Å². The van der Waals surface area contributed by atoms with Crippen LogP contribution in [-0.4, -0.2) is 62.6 Å². The van der Waals surface area contributed by atoms with E-state index in [1.165, 1.54) is 21.6 Å². The highest BCUT2D eigenvalue weighted by atomic mass is 16.4. The minimum absolute atomic E-state index is 0.0182. The number of pyridine rings is 1. The van der Waals surface area contributed by atoms with Gasteiger partial charge in [-0.15, -0.1) is 0 Å². The van der Waals surface area contributed by atoms with Crippen LogP contribution in [0.3, 0.4) is 0 Å². The zero-order valence-electron chi connectivity index (χ0n) is 22.0. The molecule has 3 amide bonds. The number of para-hydroxylation sites is 1. The van der Waals surface area contributed by atoms with E-state index in [-0.39, 0.29) is 31.0 Å². The molecule has 3 rings (SSSR count). The fourth-order valence-electron chi connectivity index (χ4n) is 3.97. The van der Waals surface area contributed by atoms with Gasteiger partial charge < -0.3 is 30.2 Å². The van der Waals surface area contributed by atoms with Crippen molar-refractivity contribution in [2.24, 2.45) is 5.92 Å². The Morgan fingerprint density at radius 1 is 1.18 bits per heavy atom. The summed E-state index contributed by atoms with van der Waals surface area (Å²) in [6.45, 7) is 4.45. The predicted molar refractivity (Wildman–Crippen MR) is 145 cm³/mol. The molecule has 0 aliphatic rings. The second-order valence-corrected chi connectivity index (χ2v) is 9.65. The van der Waals surface area contributed by atoms with E-state index in [1.54, 1.807) is 32.4 Å². The van der Waals surface area contributed by atoms with Gasteiger partial charge in [0, 0.05) is 20.3 Å². The number of aromatic nitrogens is 3. The molecule has 0 bridgehead atoms. The van der Waals surface area contributed by atoms with Crippen molar-refractivity contribution in [3.8, 4) is 0 Å². The van der Waals surface area contributed by atoms with Crippen molar-refractivity contribution in [1.29, 1.82) is 0 Å². The van der Waals surface area contributed by atoms with Crippen LogP contribution in [0.15, 0.2) is 53.5 Å². The quantitative estimate of drug-likeness (QED) is 0.285. The summed E-state index contributed by atoms with van der Waals surface area (Å²) in [5.74, 6) is 0.185. The predicted octanol–water partition coefficient (Wildman–Crippen LogP) is 2.97. The van der Waals surface area contributed by atoms with E-state index in [0.29, 0.717) is 11.7 Å².